The van der Waals surface area contributed by atoms with Gasteiger partial charge < -0.3 is 4.42 Å². The predicted octanol–water partition coefficient (Wildman–Crippen LogP) is 6.92. The van der Waals surface area contributed by atoms with Crippen LogP contribution in [-0.2, 0) is 0 Å². The molecule has 0 unspecified atom stereocenters. The van der Waals surface area contributed by atoms with E-state index in [-0.39, 0.29) is 0 Å². The van der Waals surface area contributed by atoms with Gasteiger partial charge in [0.15, 0.2) is 0 Å². The lowest BCUT2D eigenvalue weighted by atomic mass is 9.94. The Morgan fingerprint density at radius 3 is 1.88 bits per heavy atom. The minimum Gasteiger partial charge on any atom is -0.456 e. The molecule has 0 radical (unpaired) electrons. The molecule has 0 bridgehead atoms. The number of benzene rings is 4. The molecule has 0 aliphatic carbocycles. The molecule has 0 N–H and O–H groups in total. The first-order chi connectivity index (χ1) is 12.4. The average molecular weight is 320 g/mol. The van der Waals surface area contributed by atoms with E-state index in [1.165, 1.54) is 27.6 Å². The zero-order valence-corrected chi connectivity index (χ0v) is 13.6. The Morgan fingerprint density at radius 1 is 0.480 bits per heavy atom. The molecule has 0 amide bonds. The highest BCUT2D eigenvalue weighted by atomic mass is 16.3. The minimum absolute atomic E-state index is 0.930. The first-order valence-corrected chi connectivity index (χ1v) is 8.46. The summed E-state index contributed by atoms with van der Waals surface area (Å²) in [5.41, 5.74) is 6.65. The second-order valence-electron chi connectivity index (χ2n) is 6.23. The molecule has 0 atom stereocenters. The fourth-order valence-corrected chi connectivity index (χ4v) is 3.50. The first kappa shape index (κ1) is 14.1. The van der Waals surface area contributed by atoms with Gasteiger partial charge in [0.25, 0.3) is 0 Å². The van der Waals surface area contributed by atoms with E-state index in [2.05, 4.69) is 78.9 Å². The van der Waals surface area contributed by atoms with Crippen molar-refractivity contribution in [1.29, 1.82) is 0 Å². The highest BCUT2D eigenvalue weighted by Gasteiger charge is 2.14. The van der Waals surface area contributed by atoms with Crippen LogP contribution in [0.2, 0.25) is 0 Å². The van der Waals surface area contributed by atoms with Crippen LogP contribution in [0.4, 0.5) is 0 Å². The van der Waals surface area contributed by atoms with Gasteiger partial charge in [-0.3, -0.25) is 0 Å². The van der Waals surface area contributed by atoms with Crippen LogP contribution in [0.3, 0.4) is 0 Å². The quantitative estimate of drug-likeness (QED) is 0.344. The summed E-state index contributed by atoms with van der Waals surface area (Å²) in [6, 6.07) is 33.7. The lowest BCUT2D eigenvalue weighted by Crippen LogP contribution is -1.83. The molecule has 25 heavy (non-hydrogen) atoms. The molecule has 118 valence electrons. The van der Waals surface area contributed by atoms with Gasteiger partial charge in [0.2, 0.25) is 0 Å². The van der Waals surface area contributed by atoms with Gasteiger partial charge in [-0.05, 0) is 40.5 Å². The molecule has 0 fully saturated rings. The molecule has 0 saturated carbocycles. The van der Waals surface area contributed by atoms with Crippen LogP contribution in [0.1, 0.15) is 0 Å². The van der Waals surface area contributed by atoms with Crippen LogP contribution in [0.25, 0.3) is 44.2 Å². The van der Waals surface area contributed by atoms with Crippen LogP contribution in [0.5, 0.6) is 0 Å². The van der Waals surface area contributed by atoms with Crippen LogP contribution in [0.15, 0.2) is 101 Å². The lowest BCUT2D eigenvalue weighted by Gasteiger charge is -2.08. The van der Waals surface area contributed by atoms with Crippen molar-refractivity contribution in [3.05, 3.63) is 97.1 Å². The van der Waals surface area contributed by atoms with Crippen molar-refractivity contribution in [3.8, 4) is 22.3 Å². The van der Waals surface area contributed by atoms with Crippen molar-refractivity contribution in [2.45, 2.75) is 0 Å². The number of hydrogen-bond donors (Lipinski definition) is 0. The predicted molar refractivity (Wildman–Crippen MR) is 105 cm³/mol. The van der Waals surface area contributed by atoms with Gasteiger partial charge in [0.1, 0.15) is 11.2 Å². The number of fused-ring (bicyclic) bond motifs is 3. The highest BCUT2D eigenvalue weighted by molar-refractivity contribution is 6.13. The molecule has 1 heterocycles. The zero-order valence-electron chi connectivity index (χ0n) is 13.6. The molecule has 0 aliphatic rings. The Balaban J connectivity index is 1.90. The van der Waals surface area contributed by atoms with Crippen molar-refractivity contribution < 1.29 is 4.42 Å². The maximum atomic E-state index is 6.18. The van der Waals surface area contributed by atoms with Crippen molar-refractivity contribution in [2.24, 2.45) is 0 Å². The number of furan rings is 1. The summed E-state index contributed by atoms with van der Waals surface area (Å²) < 4.78 is 6.18. The van der Waals surface area contributed by atoms with Crippen LogP contribution in [0, 0.1) is 0 Å². The average Bonchev–Trinajstić information content (AvgIpc) is 3.07. The second kappa shape index (κ2) is 5.64. The molecule has 1 nitrogen and oxygen atoms in total. The van der Waals surface area contributed by atoms with Crippen molar-refractivity contribution >= 4 is 21.9 Å². The van der Waals surface area contributed by atoms with E-state index in [4.69, 9.17) is 4.42 Å². The standard InChI is InChI=1S/C24H16O/c1-3-9-17(10-4-1)19-15-21(18-11-5-2-6-12-18)24-20-13-7-8-14-22(20)25-23(24)16-19/h1-16H. The molecular formula is C24H16O. The minimum atomic E-state index is 0.930. The zero-order chi connectivity index (χ0) is 16.6. The summed E-state index contributed by atoms with van der Waals surface area (Å²) in [6.07, 6.45) is 0. The van der Waals surface area contributed by atoms with E-state index in [0.29, 0.717) is 0 Å². The Kier molecular flexibility index (Phi) is 3.17. The second-order valence-corrected chi connectivity index (χ2v) is 6.23. The van der Waals surface area contributed by atoms with Gasteiger partial charge >= 0.3 is 0 Å². The van der Waals surface area contributed by atoms with Gasteiger partial charge in [-0.1, -0.05) is 78.9 Å². The van der Waals surface area contributed by atoms with Crippen LogP contribution < -0.4 is 0 Å². The fraction of sp³-hybridized carbons (Fsp3) is 0. The molecule has 1 aromatic heterocycles. The SMILES string of the molecule is c1ccc(-c2cc(-c3ccccc3)c3c(c2)oc2ccccc23)cc1. The van der Waals surface area contributed by atoms with Gasteiger partial charge in [-0.25, -0.2) is 0 Å². The third-order valence-electron chi connectivity index (χ3n) is 4.67. The topological polar surface area (TPSA) is 13.1 Å². The van der Waals surface area contributed by atoms with Crippen molar-refractivity contribution in [3.63, 3.8) is 0 Å². The number of rotatable bonds is 2. The molecule has 0 spiro atoms. The number of hydrogen-bond acceptors (Lipinski definition) is 1. The molecule has 0 saturated heterocycles. The monoisotopic (exact) mass is 320 g/mol. The summed E-state index contributed by atoms with van der Waals surface area (Å²) >= 11 is 0. The van der Waals surface area contributed by atoms with E-state index in [9.17, 15) is 0 Å². The largest absolute Gasteiger partial charge is 0.456 e. The first-order valence-electron chi connectivity index (χ1n) is 8.46. The molecule has 5 rings (SSSR count). The summed E-state index contributed by atoms with van der Waals surface area (Å²) in [5.74, 6) is 0. The summed E-state index contributed by atoms with van der Waals surface area (Å²) in [4.78, 5) is 0. The summed E-state index contributed by atoms with van der Waals surface area (Å²) in [7, 11) is 0. The van der Waals surface area contributed by atoms with Gasteiger partial charge in [-0.2, -0.15) is 0 Å². The Morgan fingerprint density at radius 2 is 1.12 bits per heavy atom. The van der Waals surface area contributed by atoms with Crippen LogP contribution >= 0.6 is 0 Å². The van der Waals surface area contributed by atoms with E-state index in [0.717, 1.165) is 16.6 Å². The summed E-state index contributed by atoms with van der Waals surface area (Å²) in [5, 5.41) is 2.34. The third-order valence-corrected chi connectivity index (χ3v) is 4.67. The molecule has 0 aliphatic heterocycles. The molecule has 5 aromatic rings. The van der Waals surface area contributed by atoms with E-state index >= 15 is 0 Å². The molecular weight excluding hydrogens is 304 g/mol. The molecule has 4 aromatic carbocycles. The Labute approximate surface area is 146 Å². The number of para-hydroxylation sites is 1. The summed E-state index contributed by atoms with van der Waals surface area (Å²) in [6.45, 7) is 0. The highest BCUT2D eigenvalue weighted by Crippen LogP contribution is 2.39. The smallest absolute Gasteiger partial charge is 0.136 e. The van der Waals surface area contributed by atoms with Gasteiger partial charge in [-0.15, -0.1) is 0 Å². The Hall–Kier alpha value is -3.32. The van der Waals surface area contributed by atoms with Crippen molar-refractivity contribution in [1.82, 2.24) is 0 Å². The maximum absolute atomic E-state index is 6.18. The fourth-order valence-electron chi connectivity index (χ4n) is 3.50. The van der Waals surface area contributed by atoms with Crippen LogP contribution in [-0.4, -0.2) is 0 Å². The van der Waals surface area contributed by atoms with Crippen molar-refractivity contribution in [2.75, 3.05) is 0 Å². The van der Waals surface area contributed by atoms with Gasteiger partial charge in [0, 0.05) is 10.8 Å². The van der Waals surface area contributed by atoms with E-state index in [1.54, 1.807) is 0 Å². The maximum Gasteiger partial charge on any atom is 0.136 e. The third kappa shape index (κ3) is 2.33. The van der Waals surface area contributed by atoms with E-state index in [1.807, 2.05) is 18.2 Å². The Bertz CT molecular complexity index is 1170. The lowest BCUT2D eigenvalue weighted by molar-refractivity contribution is 0.669. The normalized spacial score (nSPS) is 11.2. The molecule has 1 heteroatoms. The van der Waals surface area contributed by atoms with E-state index < -0.39 is 0 Å². The van der Waals surface area contributed by atoms with Gasteiger partial charge in [0.05, 0.1) is 0 Å².